The van der Waals surface area contributed by atoms with Crippen LogP contribution in [-0.4, -0.2) is 31.1 Å². The van der Waals surface area contributed by atoms with E-state index >= 15 is 0 Å². The lowest BCUT2D eigenvalue weighted by Crippen LogP contribution is -2.38. The van der Waals surface area contributed by atoms with Gasteiger partial charge < -0.3 is 15.4 Å². The first-order valence-electron chi connectivity index (χ1n) is 7.68. The Morgan fingerprint density at radius 2 is 2.19 bits per heavy atom. The van der Waals surface area contributed by atoms with Crippen LogP contribution in [0.5, 0.6) is 5.88 Å². The smallest absolute Gasteiger partial charge is 0.218 e. The first-order valence-corrected chi connectivity index (χ1v) is 7.68. The Labute approximate surface area is 128 Å². The third kappa shape index (κ3) is 6.97. The van der Waals surface area contributed by atoms with Gasteiger partial charge in [0.05, 0.1) is 6.61 Å². The highest BCUT2D eigenvalue weighted by atomic mass is 16.5. The van der Waals surface area contributed by atoms with Gasteiger partial charge in [-0.25, -0.2) is 4.98 Å². The Kier molecular flexibility index (Phi) is 8.24. The standard InChI is InChI=1S/C16H28N4O/c1-5-6-10-21-15-14(8-7-9-18-15)12-20-16(17-4)19-11-13(2)3/h7-9,13H,5-6,10-12H2,1-4H3,(H2,17,19,20). The van der Waals surface area contributed by atoms with Gasteiger partial charge in [-0.1, -0.05) is 33.3 Å². The van der Waals surface area contributed by atoms with Crippen molar-refractivity contribution in [1.82, 2.24) is 15.6 Å². The van der Waals surface area contributed by atoms with Crippen molar-refractivity contribution in [2.75, 3.05) is 20.2 Å². The molecule has 118 valence electrons. The first kappa shape index (κ1) is 17.3. The number of unbranched alkanes of at least 4 members (excludes halogenated alkanes) is 1. The van der Waals surface area contributed by atoms with Crippen LogP contribution in [-0.2, 0) is 6.54 Å². The summed E-state index contributed by atoms with van der Waals surface area (Å²) < 4.78 is 5.73. The van der Waals surface area contributed by atoms with E-state index in [-0.39, 0.29) is 0 Å². The largest absolute Gasteiger partial charge is 0.477 e. The molecule has 1 rings (SSSR count). The summed E-state index contributed by atoms with van der Waals surface area (Å²) in [6.45, 7) is 8.73. The Bertz CT molecular complexity index is 432. The fourth-order valence-electron chi connectivity index (χ4n) is 1.70. The van der Waals surface area contributed by atoms with Gasteiger partial charge in [0.2, 0.25) is 5.88 Å². The van der Waals surface area contributed by atoms with E-state index in [0.29, 0.717) is 24.9 Å². The minimum Gasteiger partial charge on any atom is -0.477 e. The molecule has 0 fully saturated rings. The Hall–Kier alpha value is -1.78. The zero-order chi connectivity index (χ0) is 15.5. The molecule has 0 saturated heterocycles. The number of pyridine rings is 1. The fraction of sp³-hybridized carbons (Fsp3) is 0.625. The monoisotopic (exact) mass is 292 g/mol. The summed E-state index contributed by atoms with van der Waals surface area (Å²) in [6.07, 6.45) is 3.92. The van der Waals surface area contributed by atoms with Gasteiger partial charge in [-0.05, 0) is 18.4 Å². The molecule has 0 bridgehead atoms. The third-order valence-electron chi connectivity index (χ3n) is 2.93. The summed E-state index contributed by atoms with van der Waals surface area (Å²) >= 11 is 0. The van der Waals surface area contributed by atoms with E-state index in [1.54, 1.807) is 13.2 Å². The normalized spacial score (nSPS) is 11.6. The van der Waals surface area contributed by atoms with Crippen LogP contribution in [0.2, 0.25) is 0 Å². The van der Waals surface area contributed by atoms with Crippen molar-refractivity contribution in [2.45, 2.75) is 40.2 Å². The lowest BCUT2D eigenvalue weighted by molar-refractivity contribution is 0.294. The van der Waals surface area contributed by atoms with Crippen LogP contribution < -0.4 is 15.4 Å². The van der Waals surface area contributed by atoms with Gasteiger partial charge in [0.25, 0.3) is 0 Å². The predicted molar refractivity (Wildman–Crippen MR) is 87.7 cm³/mol. The number of ether oxygens (including phenoxy) is 1. The first-order chi connectivity index (χ1) is 10.2. The molecule has 1 aromatic rings. The zero-order valence-corrected chi connectivity index (χ0v) is 13.6. The summed E-state index contributed by atoms with van der Waals surface area (Å²) in [6, 6.07) is 3.95. The van der Waals surface area contributed by atoms with Crippen LogP contribution in [0.25, 0.3) is 0 Å². The van der Waals surface area contributed by atoms with Gasteiger partial charge in [0.15, 0.2) is 5.96 Å². The van der Waals surface area contributed by atoms with Crippen LogP contribution in [0.3, 0.4) is 0 Å². The number of nitrogens with one attached hydrogen (secondary N) is 2. The number of aliphatic imine (C=N–C) groups is 1. The van der Waals surface area contributed by atoms with Crippen LogP contribution in [0.15, 0.2) is 23.3 Å². The van der Waals surface area contributed by atoms with Crippen molar-refractivity contribution in [1.29, 1.82) is 0 Å². The van der Waals surface area contributed by atoms with E-state index in [2.05, 4.69) is 41.4 Å². The number of nitrogens with zero attached hydrogens (tertiary/aromatic N) is 2. The minimum absolute atomic E-state index is 0.579. The minimum atomic E-state index is 0.579. The summed E-state index contributed by atoms with van der Waals surface area (Å²) in [5.74, 6) is 2.08. The second-order valence-electron chi connectivity index (χ2n) is 5.37. The molecule has 0 unspecified atom stereocenters. The highest BCUT2D eigenvalue weighted by Gasteiger charge is 2.06. The van der Waals surface area contributed by atoms with E-state index in [0.717, 1.165) is 30.9 Å². The molecule has 0 spiro atoms. The SMILES string of the molecule is CCCCOc1ncccc1CNC(=NC)NCC(C)C. The number of guanidine groups is 1. The quantitative estimate of drug-likeness (QED) is 0.439. The molecule has 5 heteroatoms. The summed E-state index contributed by atoms with van der Waals surface area (Å²) in [7, 11) is 1.78. The summed E-state index contributed by atoms with van der Waals surface area (Å²) in [5.41, 5.74) is 1.04. The van der Waals surface area contributed by atoms with Gasteiger partial charge in [-0.15, -0.1) is 0 Å². The van der Waals surface area contributed by atoms with Crippen molar-refractivity contribution in [3.8, 4) is 5.88 Å². The molecule has 0 saturated carbocycles. The number of aromatic nitrogens is 1. The van der Waals surface area contributed by atoms with Gasteiger partial charge in [0, 0.05) is 31.9 Å². The van der Waals surface area contributed by atoms with Gasteiger partial charge in [-0.2, -0.15) is 0 Å². The molecule has 0 amide bonds. The Balaban J connectivity index is 2.53. The molecule has 21 heavy (non-hydrogen) atoms. The molecule has 0 radical (unpaired) electrons. The lowest BCUT2D eigenvalue weighted by atomic mass is 10.2. The zero-order valence-electron chi connectivity index (χ0n) is 13.6. The van der Waals surface area contributed by atoms with E-state index in [4.69, 9.17) is 4.74 Å². The Morgan fingerprint density at radius 1 is 1.38 bits per heavy atom. The molecule has 0 aromatic carbocycles. The average molecular weight is 292 g/mol. The van der Waals surface area contributed by atoms with Crippen LogP contribution in [0.4, 0.5) is 0 Å². The van der Waals surface area contributed by atoms with Crippen molar-refractivity contribution < 1.29 is 4.74 Å². The molecule has 0 atom stereocenters. The van der Waals surface area contributed by atoms with E-state index in [9.17, 15) is 0 Å². The van der Waals surface area contributed by atoms with Crippen molar-refractivity contribution in [2.24, 2.45) is 10.9 Å². The van der Waals surface area contributed by atoms with E-state index in [1.807, 2.05) is 12.1 Å². The van der Waals surface area contributed by atoms with E-state index < -0.39 is 0 Å². The average Bonchev–Trinajstić information content (AvgIpc) is 2.48. The second kappa shape index (κ2) is 10.0. The topological polar surface area (TPSA) is 58.5 Å². The van der Waals surface area contributed by atoms with Gasteiger partial charge >= 0.3 is 0 Å². The van der Waals surface area contributed by atoms with Crippen molar-refractivity contribution in [3.05, 3.63) is 23.9 Å². The molecule has 0 aliphatic rings. The molecule has 0 aliphatic carbocycles. The summed E-state index contributed by atoms with van der Waals surface area (Å²) in [4.78, 5) is 8.52. The highest BCUT2D eigenvalue weighted by molar-refractivity contribution is 5.79. The van der Waals surface area contributed by atoms with Crippen molar-refractivity contribution >= 4 is 5.96 Å². The van der Waals surface area contributed by atoms with Gasteiger partial charge in [0.1, 0.15) is 0 Å². The third-order valence-corrected chi connectivity index (χ3v) is 2.93. The van der Waals surface area contributed by atoms with Crippen molar-refractivity contribution in [3.63, 3.8) is 0 Å². The molecule has 5 nitrogen and oxygen atoms in total. The molecule has 2 N–H and O–H groups in total. The molecule has 0 aliphatic heterocycles. The Morgan fingerprint density at radius 3 is 2.86 bits per heavy atom. The van der Waals surface area contributed by atoms with Crippen LogP contribution in [0.1, 0.15) is 39.2 Å². The molecule has 1 heterocycles. The number of rotatable bonds is 8. The number of hydrogen-bond donors (Lipinski definition) is 2. The molecule has 1 aromatic heterocycles. The van der Waals surface area contributed by atoms with Crippen LogP contribution >= 0.6 is 0 Å². The predicted octanol–water partition coefficient (Wildman–Crippen LogP) is 2.58. The molecular formula is C16H28N4O. The highest BCUT2D eigenvalue weighted by Crippen LogP contribution is 2.14. The van der Waals surface area contributed by atoms with E-state index in [1.165, 1.54) is 0 Å². The summed E-state index contributed by atoms with van der Waals surface area (Å²) in [5, 5.41) is 6.58. The second-order valence-corrected chi connectivity index (χ2v) is 5.37. The number of hydrogen-bond acceptors (Lipinski definition) is 3. The maximum atomic E-state index is 5.73. The maximum Gasteiger partial charge on any atom is 0.218 e. The maximum absolute atomic E-state index is 5.73. The van der Waals surface area contributed by atoms with Crippen LogP contribution in [0, 0.1) is 5.92 Å². The fourth-order valence-corrected chi connectivity index (χ4v) is 1.70. The van der Waals surface area contributed by atoms with Gasteiger partial charge in [-0.3, -0.25) is 4.99 Å². The molecular weight excluding hydrogens is 264 g/mol. The lowest BCUT2D eigenvalue weighted by Gasteiger charge is -2.15.